The maximum atomic E-state index is 12.3. The SMILES string of the molecule is Cc1cccc(Cc2cnc(NC(=O)CCc3ncc(-c4ccccc4)o3)s2)c1. The number of hydrogen-bond donors (Lipinski definition) is 1. The highest BCUT2D eigenvalue weighted by Crippen LogP contribution is 2.23. The summed E-state index contributed by atoms with van der Waals surface area (Å²) in [5.41, 5.74) is 3.45. The number of carbonyl (C=O) groups excluding carboxylic acids is 1. The van der Waals surface area contributed by atoms with E-state index in [1.165, 1.54) is 22.5 Å². The number of hydrogen-bond acceptors (Lipinski definition) is 5. The number of amides is 1. The van der Waals surface area contributed by atoms with Crippen LogP contribution in [0.25, 0.3) is 11.3 Å². The molecule has 2 aromatic carbocycles. The summed E-state index contributed by atoms with van der Waals surface area (Å²) < 4.78 is 5.75. The predicted molar refractivity (Wildman–Crippen MR) is 115 cm³/mol. The molecule has 0 unspecified atom stereocenters. The van der Waals surface area contributed by atoms with E-state index in [0.29, 0.717) is 29.6 Å². The molecule has 2 aromatic heterocycles. The first-order valence-electron chi connectivity index (χ1n) is 9.46. The van der Waals surface area contributed by atoms with E-state index < -0.39 is 0 Å². The van der Waals surface area contributed by atoms with Crippen molar-refractivity contribution in [1.82, 2.24) is 9.97 Å². The Kier molecular flexibility index (Phi) is 5.81. The molecule has 0 aliphatic heterocycles. The van der Waals surface area contributed by atoms with Crippen molar-refractivity contribution < 1.29 is 9.21 Å². The van der Waals surface area contributed by atoms with E-state index in [-0.39, 0.29) is 5.91 Å². The summed E-state index contributed by atoms with van der Waals surface area (Å²) in [6, 6.07) is 18.2. The maximum absolute atomic E-state index is 12.3. The normalized spacial score (nSPS) is 10.8. The Morgan fingerprint density at radius 1 is 1.07 bits per heavy atom. The van der Waals surface area contributed by atoms with Crippen LogP contribution >= 0.6 is 11.3 Å². The maximum Gasteiger partial charge on any atom is 0.226 e. The van der Waals surface area contributed by atoms with E-state index in [1.807, 2.05) is 36.5 Å². The van der Waals surface area contributed by atoms with Crippen LogP contribution in [0.1, 0.15) is 28.3 Å². The molecule has 0 aliphatic carbocycles. The number of benzene rings is 2. The molecule has 0 atom stereocenters. The van der Waals surface area contributed by atoms with Gasteiger partial charge in [0, 0.05) is 35.9 Å². The molecule has 0 bridgehead atoms. The highest BCUT2D eigenvalue weighted by Gasteiger charge is 2.11. The molecule has 2 heterocycles. The smallest absolute Gasteiger partial charge is 0.226 e. The van der Waals surface area contributed by atoms with Crippen molar-refractivity contribution in [2.24, 2.45) is 0 Å². The molecule has 0 aliphatic rings. The van der Waals surface area contributed by atoms with Crippen molar-refractivity contribution in [3.63, 3.8) is 0 Å². The second-order valence-corrected chi connectivity index (χ2v) is 7.95. The highest BCUT2D eigenvalue weighted by atomic mass is 32.1. The second-order valence-electron chi connectivity index (χ2n) is 6.83. The molecule has 1 N–H and O–H groups in total. The Morgan fingerprint density at radius 2 is 1.93 bits per heavy atom. The summed E-state index contributed by atoms with van der Waals surface area (Å²) in [4.78, 5) is 22.0. The van der Waals surface area contributed by atoms with Gasteiger partial charge in [0.1, 0.15) is 0 Å². The van der Waals surface area contributed by atoms with Gasteiger partial charge in [-0.25, -0.2) is 9.97 Å². The van der Waals surface area contributed by atoms with Crippen LogP contribution in [0, 0.1) is 6.92 Å². The van der Waals surface area contributed by atoms with Crippen LogP contribution in [-0.2, 0) is 17.6 Å². The van der Waals surface area contributed by atoms with Gasteiger partial charge in [-0.3, -0.25) is 4.79 Å². The molecule has 0 saturated carbocycles. The van der Waals surface area contributed by atoms with E-state index in [2.05, 4.69) is 46.5 Å². The first-order valence-corrected chi connectivity index (χ1v) is 10.3. The number of aryl methyl sites for hydroxylation is 2. The molecule has 4 rings (SSSR count). The number of thiazole rings is 1. The first kappa shape index (κ1) is 19.1. The van der Waals surface area contributed by atoms with E-state index in [9.17, 15) is 4.79 Å². The van der Waals surface area contributed by atoms with Gasteiger partial charge < -0.3 is 9.73 Å². The summed E-state index contributed by atoms with van der Waals surface area (Å²) in [6.07, 6.45) is 5.07. The fraction of sp³-hybridized carbons (Fsp3) is 0.174. The van der Waals surface area contributed by atoms with Crippen LogP contribution in [0.5, 0.6) is 0 Å². The molecular formula is C23H21N3O2S. The van der Waals surface area contributed by atoms with Gasteiger partial charge in [-0.05, 0) is 12.5 Å². The van der Waals surface area contributed by atoms with Crippen molar-refractivity contribution in [3.8, 4) is 11.3 Å². The Labute approximate surface area is 173 Å². The fourth-order valence-corrected chi connectivity index (χ4v) is 3.90. The second kappa shape index (κ2) is 8.84. The quantitative estimate of drug-likeness (QED) is 0.456. The minimum absolute atomic E-state index is 0.0964. The zero-order valence-corrected chi connectivity index (χ0v) is 16.9. The molecule has 0 spiro atoms. The molecule has 0 fully saturated rings. The van der Waals surface area contributed by atoms with Gasteiger partial charge in [0.25, 0.3) is 0 Å². The van der Waals surface area contributed by atoms with Crippen LogP contribution in [0.2, 0.25) is 0 Å². The van der Waals surface area contributed by atoms with Crippen LogP contribution < -0.4 is 5.32 Å². The lowest BCUT2D eigenvalue weighted by atomic mass is 10.1. The number of anilines is 1. The third kappa shape index (κ3) is 5.18. The number of oxazole rings is 1. The molecule has 146 valence electrons. The molecule has 6 heteroatoms. The monoisotopic (exact) mass is 403 g/mol. The minimum Gasteiger partial charge on any atom is -0.441 e. The van der Waals surface area contributed by atoms with Gasteiger partial charge in [0.2, 0.25) is 5.91 Å². The van der Waals surface area contributed by atoms with Crippen molar-refractivity contribution in [3.05, 3.63) is 88.9 Å². The van der Waals surface area contributed by atoms with Gasteiger partial charge in [-0.15, -0.1) is 11.3 Å². The van der Waals surface area contributed by atoms with Gasteiger partial charge in [-0.1, -0.05) is 60.2 Å². The zero-order chi connectivity index (χ0) is 20.1. The molecule has 29 heavy (non-hydrogen) atoms. The van der Waals surface area contributed by atoms with Crippen LogP contribution in [0.4, 0.5) is 5.13 Å². The Balaban J connectivity index is 1.29. The molecule has 0 radical (unpaired) electrons. The van der Waals surface area contributed by atoms with Gasteiger partial charge in [-0.2, -0.15) is 0 Å². The third-order valence-electron chi connectivity index (χ3n) is 4.44. The fourth-order valence-electron chi connectivity index (χ4n) is 3.03. The number of aromatic nitrogens is 2. The lowest BCUT2D eigenvalue weighted by Crippen LogP contribution is -2.12. The van der Waals surface area contributed by atoms with Crippen molar-refractivity contribution in [2.75, 3.05) is 5.32 Å². The standard InChI is InChI=1S/C23H21N3O2S/c1-16-6-5-7-17(12-16)13-19-14-25-23(29-19)26-21(27)10-11-22-24-15-20(28-22)18-8-3-2-4-9-18/h2-9,12,14-15H,10-11,13H2,1H3,(H,25,26,27). The third-order valence-corrected chi connectivity index (χ3v) is 5.35. The molecule has 4 aromatic rings. The van der Waals surface area contributed by atoms with Gasteiger partial charge >= 0.3 is 0 Å². The highest BCUT2D eigenvalue weighted by molar-refractivity contribution is 7.15. The van der Waals surface area contributed by atoms with Crippen LogP contribution in [0.3, 0.4) is 0 Å². The summed E-state index contributed by atoms with van der Waals surface area (Å²) in [6.45, 7) is 2.08. The molecular weight excluding hydrogens is 382 g/mol. The Hall–Kier alpha value is -3.25. The van der Waals surface area contributed by atoms with Crippen LogP contribution in [-0.4, -0.2) is 15.9 Å². The summed E-state index contributed by atoms with van der Waals surface area (Å²) >= 11 is 1.50. The average Bonchev–Trinajstić information content (AvgIpc) is 3.37. The summed E-state index contributed by atoms with van der Waals surface area (Å²) in [7, 11) is 0. The Bertz CT molecular complexity index is 1100. The molecule has 0 saturated heterocycles. The average molecular weight is 404 g/mol. The number of rotatable bonds is 7. The summed E-state index contributed by atoms with van der Waals surface area (Å²) in [5.74, 6) is 1.17. The number of carbonyl (C=O) groups is 1. The van der Waals surface area contributed by atoms with Gasteiger partial charge in [0.05, 0.1) is 6.20 Å². The van der Waals surface area contributed by atoms with E-state index in [0.717, 1.165) is 16.9 Å². The lowest BCUT2D eigenvalue weighted by molar-refractivity contribution is -0.116. The molecule has 5 nitrogen and oxygen atoms in total. The van der Waals surface area contributed by atoms with E-state index >= 15 is 0 Å². The largest absolute Gasteiger partial charge is 0.441 e. The van der Waals surface area contributed by atoms with Gasteiger partial charge in [0.15, 0.2) is 16.8 Å². The van der Waals surface area contributed by atoms with Crippen molar-refractivity contribution in [1.29, 1.82) is 0 Å². The number of nitrogens with one attached hydrogen (secondary N) is 1. The zero-order valence-electron chi connectivity index (χ0n) is 16.1. The molecule has 1 amide bonds. The predicted octanol–water partition coefficient (Wildman–Crippen LogP) is 5.27. The lowest BCUT2D eigenvalue weighted by Gasteiger charge is -2.01. The van der Waals surface area contributed by atoms with Crippen molar-refractivity contribution in [2.45, 2.75) is 26.2 Å². The topological polar surface area (TPSA) is 68.0 Å². The minimum atomic E-state index is -0.0964. The van der Waals surface area contributed by atoms with E-state index in [4.69, 9.17) is 4.42 Å². The summed E-state index contributed by atoms with van der Waals surface area (Å²) in [5, 5.41) is 3.49. The van der Waals surface area contributed by atoms with E-state index in [1.54, 1.807) is 6.20 Å². The first-order chi connectivity index (χ1) is 14.2. The van der Waals surface area contributed by atoms with Crippen molar-refractivity contribution >= 4 is 22.4 Å². The van der Waals surface area contributed by atoms with Crippen LogP contribution in [0.15, 0.2) is 71.4 Å². The Morgan fingerprint density at radius 3 is 2.76 bits per heavy atom. The number of nitrogens with zero attached hydrogens (tertiary/aromatic N) is 2.